The number of carbonyl (C=O) groups excluding carboxylic acids is 2. The molecule has 0 saturated heterocycles. The van der Waals surface area contributed by atoms with Gasteiger partial charge in [0.05, 0.1) is 11.9 Å². The first-order valence-electron chi connectivity index (χ1n) is 6.30. The van der Waals surface area contributed by atoms with Gasteiger partial charge in [-0.15, -0.1) is 0 Å². The number of aromatic nitrogens is 2. The average molecular weight is 272 g/mol. The zero-order valence-electron chi connectivity index (χ0n) is 11.4. The maximum Gasteiger partial charge on any atom is 0.314 e. The Balaban J connectivity index is 1.99. The number of carbonyl (C=O) groups is 2. The van der Waals surface area contributed by atoms with E-state index in [0.717, 1.165) is 5.56 Å². The van der Waals surface area contributed by atoms with Crippen LogP contribution in [0.15, 0.2) is 36.7 Å². The molecule has 1 aromatic heterocycles. The van der Waals surface area contributed by atoms with E-state index in [2.05, 4.69) is 15.7 Å². The molecule has 0 atom stereocenters. The lowest BCUT2D eigenvalue weighted by molar-refractivity contribution is -0.133. The molecule has 6 heteroatoms. The van der Waals surface area contributed by atoms with Crippen molar-refractivity contribution in [3.8, 4) is 0 Å². The van der Waals surface area contributed by atoms with E-state index in [9.17, 15) is 9.59 Å². The van der Waals surface area contributed by atoms with Gasteiger partial charge in [-0.05, 0) is 25.5 Å². The van der Waals surface area contributed by atoms with E-state index in [-0.39, 0.29) is 0 Å². The van der Waals surface area contributed by atoms with Crippen molar-refractivity contribution >= 4 is 23.2 Å². The minimum Gasteiger partial charge on any atom is -0.318 e. The SMILES string of the molecule is CCn1cc(NC(=O)C(=O)Nc2ccccc2C)cn1. The molecule has 1 aromatic carbocycles. The summed E-state index contributed by atoms with van der Waals surface area (Å²) < 4.78 is 1.66. The summed E-state index contributed by atoms with van der Waals surface area (Å²) in [5, 5.41) is 9.09. The first-order chi connectivity index (χ1) is 9.60. The quantitative estimate of drug-likeness (QED) is 0.836. The fraction of sp³-hybridized carbons (Fsp3) is 0.214. The summed E-state index contributed by atoms with van der Waals surface area (Å²) in [6.07, 6.45) is 3.17. The van der Waals surface area contributed by atoms with Crippen molar-refractivity contribution in [2.75, 3.05) is 10.6 Å². The molecule has 0 aliphatic carbocycles. The van der Waals surface area contributed by atoms with Gasteiger partial charge in [-0.2, -0.15) is 5.10 Å². The smallest absolute Gasteiger partial charge is 0.314 e. The Morgan fingerprint density at radius 1 is 1.20 bits per heavy atom. The second-order valence-corrected chi connectivity index (χ2v) is 4.31. The van der Waals surface area contributed by atoms with Crippen molar-refractivity contribution in [2.24, 2.45) is 0 Å². The van der Waals surface area contributed by atoms with Gasteiger partial charge in [-0.25, -0.2) is 0 Å². The van der Waals surface area contributed by atoms with Gasteiger partial charge < -0.3 is 10.6 Å². The highest BCUT2D eigenvalue weighted by Gasteiger charge is 2.15. The second kappa shape index (κ2) is 6.01. The molecule has 0 spiro atoms. The number of anilines is 2. The third-order valence-corrected chi connectivity index (χ3v) is 2.81. The molecule has 20 heavy (non-hydrogen) atoms. The van der Waals surface area contributed by atoms with Crippen molar-refractivity contribution < 1.29 is 9.59 Å². The summed E-state index contributed by atoms with van der Waals surface area (Å²) in [4.78, 5) is 23.6. The number of amides is 2. The van der Waals surface area contributed by atoms with Gasteiger partial charge in [-0.3, -0.25) is 14.3 Å². The lowest BCUT2D eigenvalue weighted by Crippen LogP contribution is -2.29. The minimum absolute atomic E-state index is 0.497. The third-order valence-electron chi connectivity index (χ3n) is 2.81. The number of hydrogen-bond acceptors (Lipinski definition) is 3. The summed E-state index contributed by atoms with van der Waals surface area (Å²) in [6, 6.07) is 7.27. The largest absolute Gasteiger partial charge is 0.318 e. The van der Waals surface area contributed by atoms with E-state index in [1.807, 2.05) is 26.0 Å². The van der Waals surface area contributed by atoms with E-state index < -0.39 is 11.8 Å². The van der Waals surface area contributed by atoms with Crippen LogP contribution < -0.4 is 10.6 Å². The van der Waals surface area contributed by atoms with Crippen LogP contribution in [0.2, 0.25) is 0 Å². The van der Waals surface area contributed by atoms with Crippen LogP contribution in [0.1, 0.15) is 12.5 Å². The number of nitrogens with one attached hydrogen (secondary N) is 2. The highest BCUT2D eigenvalue weighted by atomic mass is 16.2. The summed E-state index contributed by atoms with van der Waals surface area (Å²) in [5.41, 5.74) is 2.01. The number of hydrogen-bond donors (Lipinski definition) is 2. The first kappa shape index (κ1) is 13.8. The Morgan fingerprint density at radius 3 is 2.55 bits per heavy atom. The third kappa shape index (κ3) is 3.23. The van der Waals surface area contributed by atoms with Crippen LogP contribution in [-0.2, 0) is 16.1 Å². The molecule has 0 aliphatic rings. The van der Waals surface area contributed by atoms with E-state index >= 15 is 0 Å². The molecule has 2 N–H and O–H groups in total. The standard InChI is InChI=1S/C14H16N4O2/c1-3-18-9-11(8-15-18)16-13(19)14(20)17-12-7-5-4-6-10(12)2/h4-9H,3H2,1-2H3,(H,16,19)(H,17,20). The normalized spacial score (nSPS) is 10.1. The molecule has 0 saturated carbocycles. The van der Waals surface area contributed by atoms with Gasteiger partial charge >= 0.3 is 11.8 Å². The Kier molecular flexibility index (Phi) is 4.14. The van der Waals surface area contributed by atoms with Crippen molar-refractivity contribution in [3.05, 3.63) is 42.2 Å². The van der Waals surface area contributed by atoms with E-state index in [1.54, 1.807) is 23.0 Å². The Hall–Kier alpha value is -2.63. The molecule has 0 radical (unpaired) electrons. The fourth-order valence-corrected chi connectivity index (χ4v) is 1.68. The molecular weight excluding hydrogens is 256 g/mol. The molecule has 0 unspecified atom stereocenters. The van der Waals surface area contributed by atoms with Crippen LogP contribution in [0.4, 0.5) is 11.4 Å². The Labute approximate surface area is 116 Å². The van der Waals surface area contributed by atoms with Gasteiger partial charge in [0.1, 0.15) is 0 Å². The number of aryl methyl sites for hydroxylation is 2. The second-order valence-electron chi connectivity index (χ2n) is 4.31. The molecule has 0 aliphatic heterocycles. The zero-order chi connectivity index (χ0) is 14.5. The molecule has 2 amide bonds. The van der Waals surface area contributed by atoms with Crippen molar-refractivity contribution in [2.45, 2.75) is 20.4 Å². The van der Waals surface area contributed by atoms with E-state index in [0.29, 0.717) is 17.9 Å². The fourth-order valence-electron chi connectivity index (χ4n) is 1.68. The van der Waals surface area contributed by atoms with Crippen LogP contribution >= 0.6 is 0 Å². The minimum atomic E-state index is -0.719. The predicted molar refractivity (Wildman–Crippen MR) is 76.3 cm³/mol. The van der Waals surface area contributed by atoms with Gasteiger partial charge in [-0.1, -0.05) is 18.2 Å². The Morgan fingerprint density at radius 2 is 1.90 bits per heavy atom. The lowest BCUT2D eigenvalue weighted by atomic mass is 10.2. The molecular formula is C14H16N4O2. The van der Waals surface area contributed by atoms with Gasteiger partial charge in [0.25, 0.3) is 0 Å². The molecule has 2 aromatic rings. The summed E-state index contributed by atoms with van der Waals surface area (Å²) in [6.45, 7) is 4.49. The number of rotatable bonds is 3. The molecule has 0 bridgehead atoms. The predicted octanol–water partition coefficient (Wildman–Crippen LogP) is 1.79. The summed E-state index contributed by atoms with van der Waals surface area (Å²) in [5.74, 6) is -1.42. The van der Waals surface area contributed by atoms with Crippen LogP contribution in [0.3, 0.4) is 0 Å². The molecule has 104 valence electrons. The molecule has 6 nitrogen and oxygen atoms in total. The van der Waals surface area contributed by atoms with Crippen molar-refractivity contribution in [1.29, 1.82) is 0 Å². The maximum atomic E-state index is 11.8. The van der Waals surface area contributed by atoms with Crippen LogP contribution in [0, 0.1) is 6.92 Å². The highest BCUT2D eigenvalue weighted by Crippen LogP contribution is 2.13. The van der Waals surface area contributed by atoms with Gasteiger partial charge in [0.2, 0.25) is 0 Å². The van der Waals surface area contributed by atoms with Crippen LogP contribution in [0.25, 0.3) is 0 Å². The zero-order valence-corrected chi connectivity index (χ0v) is 11.4. The van der Waals surface area contributed by atoms with Crippen LogP contribution in [0.5, 0.6) is 0 Å². The number of para-hydroxylation sites is 1. The van der Waals surface area contributed by atoms with E-state index in [1.165, 1.54) is 6.20 Å². The van der Waals surface area contributed by atoms with Gasteiger partial charge in [0.15, 0.2) is 0 Å². The molecule has 0 fully saturated rings. The maximum absolute atomic E-state index is 11.8. The summed E-state index contributed by atoms with van der Waals surface area (Å²) in [7, 11) is 0. The Bertz CT molecular complexity index is 634. The molecule has 2 rings (SSSR count). The van der Waals surface area contributed by atoms with Gasteiger partial charge in [0, 0.05) is 18.4 Å². The lowest BCUT2D eigenvalue weighted by Gasteiger charge is -2.07. The van der Waals surface area contributed by atoms with Crippen molar-refractivity contribution in [1.82, 2.24) is 9.78 Å². The summed E-state index contributed by atoms with van der Waals surface area (Å²) >= 11 is 0. The monoisotopic (exact) mass is 272 g/mol. The highest BCUT2D eigenvalue weighted by molar-refractivity contribution is 6.43. The van der Waals surface area contributed by atoms with Crippen LogP contribution in [-0.4, -0.2) is 21.6 Å². The van der Waals surface area contributed by atoms with Crippen molar-refractivity contribution in [3.63, 3.8) is 0 Å². The number of nitrogens with zero attached hydrogens (tertiary/aromatic N) is 2. The number of benzene rings is 1. The van der Waals surface area contributed by atoms with E-state index in [4.69, 9.17) is 0 Å². The molecule has 1 heterocycles. The first-order valence-corrected chi connectivity index (χ1v) is 6.30. The topological polar surface area (TPSA) is 76.0 Å². The average Bonchev–Trinajstić information content (AvgIpc) is 2.89.